The number of carbonyl (C=O) groups is 1. The lowest BCUT2D eigenvalue weighted by atomic mass is 10.1. The Balaban J connectivity index is 2.18. The fraction of sp³-hybridized carbons (Fsp3) is 0.250. The Morgan fingerprint density at radius 3 is 2.88 bits per heavy atom. The van der Waals surface area contributed by atoms with Crippen LogP contribution in [0.5, 0.6) is 0 Å². The van der Waals surface area contributed by atoms with Crippen molar-refractivity contribution >= 4 is 16.8 Å². The van der Waals surface area contributed by atoms with Crippen molar-refractivity contribution < 1.29 is 4.79 Å². The van der Waals surface area contributed by atoms with E-state index < -0.39 is 0 Å². The van der Waals surface area contributed by atoms with Crippen molar-refractivity contribution in [2.45, 2.75) is 6.42 Å². The minimum atomic E-state index is -0.00486. The monoisotopic (exact) mass is 217 g/mol. The summed E-state index contributed by atoms with van der Waals surface area (Å²) in [6.07, 6.45) is 2.28. The molecule has 0 fully saturated rings. The van der Waals surface area contributed by atoms with Gasteiger partial charge in [0.15, 0.2) is 0 Å². The zero-order chi connectivity index (χ0) is 11.5. The second-order valence-electron chi connectivity index (χ2n) is 3.97. The number of hydrogen-bond acceptors (Lipinski definition) is 2. The van der Waals surface area contributed by atoms with E-state index in [4.69, 9.17) is 0 Å². The molecule has 84 valence electrons. The van der Waals surface area contributed by atoms with Crippen LogP contribution in [0.2, 0.25) is 0 Å². The number of carbonyl (C=O) groups excluding carboxylic acids is 1. The molecule has 0 bridgehead atoms. The molecule has 1 amide bonds. The molecule has 0 radical (unpaired) electrons. The van der Waals surface area contributed by atoms with Crippen LogP contribution in [0, 0.1) is 0 Å². The number of para-hydroxylation sites is 1. The Hall–Kier alpha value is -1.81. The summed E-state index contributed by atoms with van der Waals surface area (Å²) in [5, 5.41) is 2.76. The van der Waals surface area contributed by atoms with Gasteiger partial charge in [-0.05, 0) is 11.6 Å². The Morgan fingerprint density at radius 1 is 1.38 bits per heavy atom. The van der Waals surface area contributed by atoms with E-state index >= 15 is 0 Å². The third-order valence-corrected chi connectivity index (χ3v) is 2.37. The van der Waals surface area contributed by atoms with Gasteiger partial charge in [0.25, 0.3) is 0 Å². The second-order valence-corrected chi connectivity index (χ2v) is 3.97. The van der Waals surface area contributed by atoms with Crippen molar-refractivity contribution in [3.05, 3.63) is 36.0 Å². The number of hydrogen-bond donors (Lipinski definition) is 2. The van der Waals surface area contributed by atoms with Gasteiger partial charge >= 0.3 is 0 Å². The van der Waals surface area contributed by atoms with E-state index in [0.717, 1.165) is 16.5 Å². The van der Waals surface area contributed by atoms with Gasteiger partial charge in [-0.2, -0.15) is 0 Å². The van der Waals surface area contributed by atoms with E-state index in [9.17, 15) is 4.79 Å². The zero-order valence-corrected chi connectivity index (χ0v) is 9.45. The Bertz CT molecular complexity index is 502. The lowest BCUT2D eigenvalue weighted by Crippen LogP contribution is -2.37. The maximum absolute atomic E-state index is 11.6. The average molecular weight is 217 g/mol. The molecule has 0 spiro atoms. The summed E-state index contributed by atoms with van der Waals surface area (Å²) in [6, 6.07) is 7.97. The second kappa shape index (κ2) is 4.37. The smallest absolute Gasteiger partial charge is 0.238 e. The molecule has 16 heavy (non-hydrogen) atoms. The van der Waals surface area contributed by atoms with Gasteiger partial charge in [0.1, 0.15) is 0 Å². The first-order chi connectivity index (χ1) is 7.66. The first-order valence-electron chi connectivity index (χ1n) is 5.18. The van der Waals surface area contributed by atoms with Crippen molar-refractivity contribution in [2.24, 2.45) is 0 Å². The number of fused-ring (bicyclic) bond motifs is 1. The molecular formula is C12H15N3O. The number of hydrazine groups is 1. The van der Waals surface area contributed by atoms with E-state index in [2.05, 4.69) is 10.4 Å². The van der Waals surface area contributed by atoms with Gasteiger partial charge in [0, 0.05) is 31.2 Å². The summed E-state index contributed by atoms with van der Waals surface area (Å²) in [7, 11) is 3.60. The molecule has 0 aliphatic rings. The fourth-order valence-electron chi connectivity index (χ4n) is 1.74. The first-order valence-corrected chi connectivity index (χ1v) is 5.18. The van der Waals surface area contributed by atoms with Gasteiger partial charge in [0.05, 0.1) is 6.42 Å². The molecular weight excluding hydrogens is 202 g/mol. The predicted molar refractivity (Wildman–Crippen MR) is 63.8 cm³/mol. The molecule has 0 atom stereocenters. The summed E-state index contributed by atoms with van der Waals surface area (Å²) >= 11 is 0. The highest BCUT2D eigenvalue weighted by Crippen LogP contribution is 2.17. The zero-order valence-electron chi connectivity index (χ0n) is 9.45. The van der Waals surface area contributed by atoms with Crippen molar-refractivity contribution in [2.75, 3.05) is 14.1 Å². The van der Waals surface area contributed by atoms with Gasteiger partial charge in [-0.3, -0.25) is 10.2 Å². The number of nitrogens with one attached hydrogen (secondary N) is 2. The van der Waals surface area contributed by atoms with Crippen molar-refractivity contribution in [1.29, 1.82) is 0 Å². The van der Waals surface area contributed by atoms with Crippen molar-refractivity contribution in [3.8, 4) is 0 Å². The number of aromatic amines is 1. The molecule has 4 heteroatoms. The predicted octanol–water partition coefficient (Wildman–Crippen LogP) is 1.30. The SMILES string of the molecule is CN(C)NC(=O)Cc1c[nH]c2ccccc12. The molecule has 1 aromatic carbocycles. The maximum Gasteiger partial charge on any atom is 0.238 e. The normalized spacial score (nSPS) is 10.9. The summed E-state index contributed by atoms with van der Waals surface area (Å²) in [4.78, 5) is 14.8. The molecule has 2 rings (SSSR count). The highest BCUT2D eigenvalue weighted by Gasteiger charge is 2.08. The molecule has 0 aliphatic carbocycles. The highest BCUT2D eigenvalue weighted by molar-refractivity contribution is 5.88. The van der Waals surface area contributed by atoms with Crippen LogP contribution in [0.4, 0.5) is 0 Å². The maximum atomic E-state index is 11.6. The van der Waals surface area contributed by atoms with Gasteiger partial charge < -0.3 is 4.98 Å². The van der Waals surface area contributed by atoms with E-state index in [-0.39, 0.29) is 5.91 Å². The van der Waals surface area contributed by atoms with E-state index in [1.807, 2.05) is 30.5 Å². The first kappa shape index (κ1) is 10.7. The summed E-state index contributed by atoms with van der Waals surface area (Å²) in [5.41, 5.74) is 4.81. The average Bonchev–Trinajstić information content (AvgIpc) is 2.61. The van der Waals surface area contributed by atoms with Crippen LogP contribution in [0.25, 0.3) is 10.9 Å². The molecule has 0 aliphatic heterocycles. The van der Waals surface area contributed by atoms with Gasteiger partial charge in [-0.1, -0.05) is 18.2 Å². The van der Waals surface area contributed by atoms with Crippen LogP contribution in [0.15, 0.2) is 30.5 Å². The van der Waals surface area contributed by atoms with Crippen molar-refractivity contribution in [1.82, 2.24) is 15.4 Å². The summed E-state index contributed by atoms with van der Waals surface area (Å²) < 4.78 is 0. The molecule has 4 nitrogen and oxygen atoms in total. The Morgan fingerprint density at radius 2 is 2.12 bits per heavy atom. The number of nitrogens with zero attached hydrogens (tertiary/aromatic N) is 1. The molecule has 2 N–H and O–H groups in total. The number of benzene rings is 1. The van der Waals surface area contributed by atoms with E-state index in [1.165, 1.54) is 0 Å². The van der Waals surface area contributed by atoms with Crippen LogP contribution in [0.1, 0.15) is 5.56 Å². The minimum Gasteiger partial charge on any atom is -0.361 e. The molecule has 0 unspecified atom stereocenters. The standard InChI is InChI=1S/C12H15N3O/c1-15(2)14-12(16)7-9-8-13-11-6-4-3-5-10(9)11/h3-6,8,13H,7H2,1-2H3,(H,14,16). The number of rotatable bonds is 3. The molecule has 2 aromatic rings. The molecule has 0 saturated heterocycles. The molecule has 1 heterocycles. The van der Waals surface area contributed by atoms with Crippen LogP contribution >= 0.6 is 0 Å². The van der Waals surface area contributed by atoms with Gasteiger partial charge in [-0.15, -0.1) is 0 Å². The quantitative estimate of drug-likeness (QED) is 0.761. The Labute approximate surface area is 94.2 Å². The van der Waals surface area contributed by atoms with Crippen molar-refractivity contribution in [3.63, 3.8) is 0 Å². The topological polar surface area (TPSA) is 48.1 Å². The molecule has 0 saturated carbocycles. The summed E-state index contributed by atoms with van der Waals surface area (Å²) in [5.74, 6) is -0.00486. The van der Waals surface area contributed by atoms with Gasteiger partial charge in [0.2, 0.25) is 5.91 Å². The molecule has 1 aromatic heterocycles. The summed E-state index contributed by atoms with van der Waals surface area (Å²) in [6.45, 7) is 0. The number of H-pyrrole nitrogens is 1. The minimum absolute atomic E-state index is 0.00486. The highest BCUT2D eigenvalue weighted by atomic mass is 16.2. The van der Waals surface area contributed by atoms with Crippen LogP contribution in [0.3, 0.4) is 0 Å². The third kappa shape index (κ3) is 2.23. The van der Waals surface area contributed by atoms with Crippen LogP contribution in [-0.4, -0.2) is 30.0 Å². The van der Waals surface area contributed by atoms with E-state index in [0.29, 0.717) is 6.42 Å². The van der Waals surface area contributed by atoms with Crippen LogP contribution in [-0.2, 0) is 11.2 Å². The largest absolute Gasteiger partial charge is 0.361 e. The number of amides is 1. The lowest BCUT2D eigenvalue weighted by Gasteiger charge is -2.11. The van der Waals surface area contributed by atoms with Crippen LogP contribution < -0.4 is 5.43 Å². The van der Waals surface area contributed by atoms with Gasteiger partial charge in [-0.25, -0.2) is 5.01 Å². The third-order valence-electron chi connectivity index (χ3n) is 2.37. The Kier molecular flexibility index (Phi) is 2.92. The number of aromatic nitrogens is 1. The fourth-order valence-corrected chi connectivity index (χ4v) is 1.74. The lowest BCUT2D eigenvalue weighted by molar-refractivity contribution is -0.124. The van der Waals surface area contributed by atoms with E-state index in [1.54, 1.807) is 19.1 Å².